The molecule has 0 unspecified atom stereocenters. The summed E-state index contributed by atoms with van der Waals surface area (Å²) in [5.41, 5.74) is -1.20. The number of aliphatic hydroxyl groups is 3. The maximum Gasteiger partial charge on any atom is 0.328 e. The maximum atomic E-state index is 12.0. The molecule has 116 valence electrons. The first kappa shape index (κ1) is 14.5. The van der Waals surface area contributed by atoms with E-state index < -0.39 is 28.8 Å². The highest BCUT2D eigenvalue weighted by Gasteiger charge is 2.60. The van der Waals surface area contributed by atoms with Crippen LogP contribution in [0.2, 0.25) is 0 Å². The number of aromatic amines is 1. The molecule has 7 heteroatoms. The second kappa shape index (κ2) is 4.79. The molecule has 2 fully saturated rings. The van der Waals surface area contributed by atoms with Crippen molar-refractivity contribution in [2.75, 3.05) is 13.2 Å². The van der Waals surface area contributed by atoms with E-state index in [-0.39, 0.29) is 25.0 Å². The lowest BCUT2D eigenvalue weighted by molar-refractivity contribution is -0.0658. The zero-order valence-corrected chi connectivity index (χ0v) is 11.8. The van der Waals surface area contributed by atoms with Gasteiger partial charge >= 0.3 is 5.69 Å². The van der Waals surface area contributed by atoms with Crippen molar-refractivity contribution in [2.24, 2.45) is 17.3 Å². The van der Waals surface area contributed by atoms with Crippen molar-refractivity contribution in [3.05, 3.63) is 32.6 Å². The van der Waals surface area contributed by atoms with Gasteiger partial charge in [-0.15, -0.1) is 0 Å². The van der Waals surface area contributed by atoms with E-state index in [0.717, 1.165) is 0 Å². The van der Waals surface area contributed by atoms with Gasteiger partial charge in [-0.05, 0) is 31.6 Å². The molecule has 1 aromatic heterocycles. The Morgan fingerprint density at radius 1 is 1.38 bits per heavy atom. The average Bonchev–Trinajstić information content (AvgIpc) is 2.98. The minimum atomic E-state index is -0.814. The van der Waals surface area contributed by atoms with Crippen LogP contribution in [0.15, 0.2) is 15.8 Å². The van der Waals surface area contributed by atoms with Gasteiger partial charge in [-0.3, -0.25) is 14.3 Å². The summed E-state index contributed by atoms with van der Waals surface area (Å²) in [5, 5.41) is 29.7. The lowest BCUT2D eigenvalue weighted by atomic mass is 9.71. The number of nitrogens with one attached hydrogen (secondary N) is 1. The number of hydrogen-bond donors (Lipinski definition) is 4. The smallest absolute Gasteiger partial charge is 0.328 e. The Morgan fingerprint density at radius 3 is 2.62 bits per heavy atom. The van der Waals surface area contributed by atoms with E-state index in [9.17, 15) is 24.9 Å². The summed E-state index contributed by atoms with van der Waals surface area (Å²) in [4.78, 5) is 25.7. The molecule has 0 spiro atoms. The van der Waals surface area contributed by atoms with Crippen molar-refractivity contribution in [2.45, 2.75) is 31.9 Å². The van der Waals surface area contributed by atoms with Gasteiger partial charge in [0.1, 0.15) is 0 Å². The Hall–Kier alpha value is -1.44. The van der Waals surface area contributed by atoms with Crippen LogP contribution in [0.25, 0.3) is 0 Å². The van der Waals surface area contributed by atoms with E-state index >= 15 is 0 Å². The molecule has 0 saturated heterocycles. The number of hydrogen-bond acceptors (Lipinski definition) is 5. The molecule has 0 amide bonds. The van der Waals surface area contributed by atoms with Gasteiger partial charge in [0.15, 0.2) is 0 Å². The minimum absolute atomic E-state index is 0.00676. The van der Waals surface area contributed by atoms with Gasteiger partial charge < -0.3 is 15.3 Å². The zero-order valence-electron chi connectivity index (χ0n) is 11.8. The molecule has 7 nitrogen and oxygen atoms in total. The van der Waals surface area contributed by atoms with Crippen LogP contribution >= 0.6 is 0 Å². The molecular formula is C14H20N2O5. The first-order chi connectivity index (χ1) is 9.93. The number of fused-ring (bicyclic) bond motifs is 2. The highest BCUT2D eigenvalue weighted by atomic mass is 16.3. The molecule has 0 aliphatic heterocycles. The summed E-state index contributed by atoms with van der Waals surface area (Å²) in [6, 6.07) is -0.413. The topological polar surface area (TPSA) is 116 Å². The Labute approximate surface area is 120 Å². The van der Waals surface area contributed by atoms with E-state index in [1.165, 1.54) is 10.8 Å². The SMILES string of the molecule is Cc1cn([C@H]2[C@@H]3C[C@H]([C@@H]2O)C(CO)(CO)C3)c(=O)[nH]c1=O. The van der Waals surface area contributed by atoms with E-state index in [1.807, 2.05) is 0 Å². The van der Waals surface area contributed by atoms with Crippen LogP contribution in [-0.2, 0) is 0 Å². The highest BCUT2D eigenvalue weighted by Crippen LogP contribution is 2.59. The van der Waals surface area contributed by atoms with Crippen LogP contribution in [0.3, 0.4) is 0 Å². The van der Waals surface area contributed by atoms with E-state index in [1.54, 1.807) is 6.92 Å². The fourth-order valence-electron chi connectivity index (χ4n) is 4.22. The predicted octanol–water partition coefficient (Wildman–Crippen LogP) is -1.24. The van der Waals surface area contributed by atoms with Crippen molar-refractivity contribution >= 4 is 0 Å². The lowest BCUT2D eigenvalue weighted by Gasteiger charge is -2.41. The molecule has 21 heavy (non-hydrogen) atoms. The molecule has 0 radical (unpaired) electrons. The maximum absolute atomic E-state index is 12.0. The number of aromatic nitrogens is 2. The van der Waals surface area contributed by atoms with Crippen molar-refractivity contribution in [3.63, 3.8) is 0 Å². The summed E-state index contributed by atoms with van der Waals surface area (Å²) in [6.45, 7) is 1.27. The summed E-state index contributed by atoms with van der Waals surface area (Å²) < 4.78 is 1.39. The van der Waals surface area contributed by atoms with Crippen molar-refractivity contribution in [1.29, 1.82) is 0 Å². The molecule has 4 atom stereocenters. The zero-order chi connectivity index (χ0) is 15.4. The van der Waals surface area contributed by atoms with Gasteiger partial charge in [0.05, 0.1) is 25.4 Å². The Bertz CT molecular complexity index is 658. The molecule has 1 aromatic rings. The summed E-state index contributed by atoms with van der Waals surface area (Å²) >= 11 is 0. The van der Waals surface area contributed by atoms with Crippen LogP contribution in [0.1, 0.15) is 24.4 Å². The Balaban J connectivity index is 2.00. The second-order valence-corrected chi connectivity index (χ2v) is 6.44. The van der Waals surface area contributed by atoms with Crippen LogP contribution in [0.5, 0.6) is 0 Å². The van der Waals surface area contributed by atoms with Gasteiger partial charge in [0, 0.05) is 17.2 Å². The first-order valence-corrected chi connectivity index (χ1v) is 7.15. The van der Waals surface area contributed by atoms with Crippen molar-refractivity contribution in [3.8, 4) is 0 Å². The number of H-pyrrole nitrogens is 1. The monoisotopic (exact) mass is 296 g/mol. The molecule has 4 N–H and O–H groups in total. The quantitative estimate of drug-likeness (QED) is 0.557. The number of aryl methyl sites for hydroxylation is 1. The molecule has 0 aromatic carbocycles. The molecule has 2 saturated carbocycles. The van der Waals surface area contributed by atoms with Crippen LogP contribution in [0.4, 0.5) is 0 Å². The molecule has 2 aliphatic rings. The second-order valence-electron chi connectivity index (χ2n) is 6.44. The average molecular weight is 296 g/mol. The number of aliphatic hydroxyl groups excluding tert-OH is 3. The summed E-state index contributed by atoms with van der Waals surface area (Å²) in [7, 11) is 0. The van der Waals surface area contributed by atoms with Crippen LogP contribution in [0, 0.1) is 24.2 Å². The van der Waals surface area contributed by atoms with E-state index in [2.05, 4.69) is 4.98 Å². The van der Waals surface area contributed by atoms with Crippen molar-refractivity contribution in [1.82, 2.24) is 9.55 Å². The van der Waals surface area contributed by atoms with Gasteiger partial charge in [-0.2, -0.15) is 0 Å². The Morgan fingerprint density at radius 2 is 2.05 bits per heavy atom. The van der Waals surface area contributed by atoms with E-state index in [0.29, 0.717) is 18.4 Å². The fraction of sp³-hybridized carbons (Fsp3) is 0.714. The van der Waals surface area contributed by atoms with Gasteiger partial charge in [-0.1, -0.05) is 0 Å². The third-order valence-electron chi connectivity index (χ3n) is 5.35. The van der Waals surface area contributed by atoms with E-state index in [4.69, 9.17) is 0 Å². The van der Waals surface area contributed by atoms with Crippen molar-refractivity contribution < 1.29 is 15.3 Å². The molecule has 1 heterocycles. The van der Waals surface area contributed by atoms with Gasteiger partial charge in [-0.25, -0.2) is 4.79 Å². The fourth-order valence-corrected chi connectivity index (χ4v) is 4.22. The third kappa shape index (κ3) is 1.91. The first-order valence-electron chi connectivity index (χ1n) is 7.15. The highest BCUT2D eigenvalue weighted by molar-refractivity contribution is 5.12. The molecule has 2 bridgehead atoms. The minimum Gasteiger partial charge on any atom is -0.396 e. The van der Waals surface area contributed by atoms with Crippen LogP contribution < -0.4 is 11.2 Å². The van der Waals surface area contributed by atoms with Gasteiger partial charge in [0.2, 0.25) is 0 Å². The molecule has 2 aliphatic carbocycles. The molecular weight excluding hydrogens is 276 g/mol. The predicted molar refractivity (Wildman–Crippen MR) is 73.9 cm³/mol. The molecule has 3 rings (SSSR count). The number of nitrogens with zero attached hydrogens (tertiary/aromatic N) is 1. The summed E-state index contributed by atoms with van der Waals surface area (Å²) in [6.07, 6.45) is 1.90. The lowest BCUT2D eigenvalue weighted by Crippen LogP contribution is -2.48. The van der Waals surface area contributed by atoms with Crippen LogP contribution in [-0.4, -0.2) is 44.2 Å². The number of rotatable bonds is 3. The summed E-state index contributed by atoms with van der Waals surface area (Å²) in [5.74, 6) is -0.228. The Kier molecular flexibility index (Phi) is 3.31. The largest absolute Gasteiger partial charge is 0.396 e. The normalized spacial score (nSPS) is 33.5. The van der Waals surface area contributed by atoms with Gasteiger partial charge in [0.25, 0.3) is 5.56 Å². The standard InChI is InChI=1S/C14H20N2O5/c1-7-4-16(13(21)15-12(7)20)10-8-2-9(11(10)19)14(3-8,5-17)6-18/h4,8-11,17-19H,2-3,5-6H2,1H3,(H,15,20,21)/t8-,9-,10+,11+/m1/s1. The third-order valence-corrected chi connectivity index (χ3v) is 5.35.